The van der Waals surface area contributed by atoms with Gasteiger partial charge in [-0.25, -0.2) is 4.99 Å². The molecule has 0 saturated carbocycles. The van der Waals surface area contributed by atoms with Crippen molar-refractivity contribution in [3.05, 3.63) is 57.8 Å². The van der Waals surface area contributed by atoms with Gasteiger partial charge in [-0.1, -0.05) is 23.4 Å². The molecule has 1 aliphatic heterocycles. The van der Waals surface area contributed by atoms with Crippen molar-refractivity contribution in [2.45, 2.75) is 33.2 Å². The molecule has 2 aromatic heterocycles. The van der Waals surface area contributed by atoms with Crippen molar-refractivity contribution < 1.29 is 14.1 Å². The van der Waals surface area contributed by atoms with E-state index in [1.165, 1.54) is 4.88 Å². The lowest BCUT2D eigenvalue weighted by atomic mass is 10.0. The maximum absolute atomic E-state index is 11.6. The zero-order valence-corrected chi connectivity index (χ0v) is 16.1. The third-order valence-corrected chi connectivity index (χ3v) is 5.87. The van der Waals surface area contributed by atoms with E-state index in [-0.39, 0.29) is 6.42 Å². The van der Waals surface area contributed by atoms with Crippen molar-refractivity contribution in [3.63, 3.8) is 0 Å². The molecule has 0 radical (unpaired) electrons. The van der Waals surface area contributed by atoms with Gasteiger partial charge in [0.25, 0.3) is 0 Å². The van der Waals surface area contributed by atoms with Crippen LogP contribution in [0.2, 0.25) is 0 Å². The van der Waals surface area contributed by atoms with Crippen molar-refractivity contribution in [3.8, 4) is 16.2 Å². The zero-order chi connectivity index (χ0) is 19.1. The van der Waals surface area contributed by atoms with E-state index in [0.717, 1.165) is 27.3 Å². The molecule has 0 saturated heterocycles. The number of amides is 1. The van der Waals surface area contributed by atoms with E-state index >= 15 is 0 Å². The minimum atomic E-state index is -0.572. The van der Waals surface area contributed by atoms with Crippen molar-refractivity contribution in [2.75, 3.05) is 0 Å². The minimum Gasteiger partial charge on any atom is -0.439 e. The van der Waals surface area contributed by atoms with Gasteiger partial charge in [-0.3, -0.25) is 4.79 Å². The smallest absolute Gasteiger partial charge is 0.224 e. The molecule has 0 aliphatic carbocycles. The Labute approximate surface area is 160 Å². The van der Waals surface area contributed by atoms with E-state index in [1.54, 1.807) is 11.3 Å². The number of aromatic nitrogens is 1. The van der Waals surface area contributed by atoms with Crippen molar-refractivity contribution >= 4 is 23.1 Å². The van der Waals surface area contributed by atoms with Crippen LogP contribution in [0.3, 0.4) is 0 Å². The summed E-state index contributed by atoms with van der Waals surface area (Å²) in [5, 5.41) is 4.11. The molecule has 1 amide bonds. The standard InChI is InChI=1S/C20H19N3O3S/c1-10-12(3)27-19-16(10)20(25-13-7-5-4-6-8-13)22-14(9-15(21)24)18-17(19)11(2)23-26-18/h4-8,14H,9H2,1-3H3,(H2,21,24)/t14-/m0/s1. The third kappa shape index (κ3) is 3.04. The lowest BCUT2D eigenvalue weighted by Crippen LogP contribution is -2.17. The molecule has 27 heavy (non-hydrogen) atoms. The average Bonchev–Trinajstić information content (AvgIpc) is 3.10. The Balaban J connectivity index is 1.94. The van der Waals surface area contributed by atoms with E-state index in [0.29, 0.717) is 17.4 Å². The summed E-state index contributed by atoms with van der Waals surface area (Å²) in [5.41, 5.74) is 9.12. The largest absolute Gasteiger partial charge is 0.439 e. The highest BCUT2D eigenvalue weighted by Gasteiger charge is 2.34. The normalized spacial score (nSPS) is 15.5. The molecule has 3 heterocycles. The molecular formula is C20H19N3O3S. The second-order valence-electron chi connectivity index (χ2n) is 6.53. The van der Waals surface area contributed by atoms with Crippen LogP contribution in [0.5, 0.6) is 5.75 Å². The van der Waals surface area contributed by atoms with E-state index in [9.17, 15) is 4.79 Å². The molecule has 1 aromatic carbocycles. The van der Waals surface area contributed by atoms with Crippen molar-refractivity contribution in [1.82, 2.24) is 5.16 Å². The summed E-state index contributed by atoms with van der Waals surface area (Å²) in [7, 11) is 0. The predicted molar refractivity (Wildman–Crippen MR) is 104 cm³/mol. The van der Waals surface area contributed by atoms with Gasteiger partial charge in [0.15, 0.2) is 5.76 Å². The van der Waals surface area contributed by atoms with E-state index in [4.69, 9.17) is 20.0 Å². The summed E-state index contributed by atoms with van der Waals surface area (Å²) in [4.78, 5) is 18.6. The Morgan fingerprint density at radius 2 is 1.96 bits per heavy atom. The molecule has 3 aromatic rings. The number of carbonyl (C=O) groups excluding carboxylic acids is 1. The van der Waals surface area contributed by atoms with Crippen LogP contribution in [0.15, 0.2) is 39.8 Å². The fourth-order valence-corrected chi connectivity index (χ4v) is 4.48. The first-order chi connectivity index (χ1) is 13.0. The molecule has 0 bridgehead atoms. The Morgan fingerprint density at radius 1 is 1.22 bits per heavy atom. The Kier molecular flexibility index (Phi) is 4.31. The van der Waals surface area contributed by atoms with E-state index in [1.807, 2.05) is 44.2 Å². The molecule has 1 atom stereocenters. The van der Waals surface area contributed by atoms with Crippen LogP contribution in [0.25, 0.3) is 10.4 Å². The summed E-state index contributed by atoms with van der Waals surface area (Å²) >= 11 is 1.65. The number of nitrogens with two attached hydrogens (primary N) is 1. The van der Waals surface area contributed by atoms with Gasteiger partial charge < -0.3 is 15.0 Å². The fraction of sp³-hybridized carbons (Fsp3) is 0.250. The van der Waals surface area contributed by atoms with Crippen LogP contribution in [0.1, 0.15) is 39.9 Å². The predicted octanol–water partition coefficient (Wildman–Crippen LogP) is 4.08. The molecule has 2 N–H and O–H groups in total. The molecule has 4 rings (SSSR count). The van der Waals surface area contributed by atoms with Crippen molar-refractivity contribution in [2.24, 2.45) is 10.7 Å². The zero-order valence-electron chi connectivity index (χ0n) is 15.3. The number of fused-ring (bicyclic) bond motifs is 3. The van der Waals surface area contributed by atoms with Gasteiger partial charge in [0.05, 0.1) is 28.1 Å². The molecule has 6 nitrogen and oxygen atoms in total. The van der Waals surface area contributed by atoms with Crippen LogP contribution in [0, 0.1) is 20.8 Å². The molecule has 1 aliphatic rings. The number of hydrogen-bond acceptors (Lipinski definition) is 6. The monoisotopic (exact) mass is 381 g/mol. The van der Waals surface area contributed by atoms with Crippen LogP contribution in [-0.2, 0) is 4.79 Å². The Bertz CT molecular complexity index is 1050. The van der Waals surface area contributed by atoms with Gasteiger partial charge in [-0.2, -0.15) is 0 Å². The molecule has 0 unspecified atom stereocenters. The summed E-state index contributed by atoms with van der Waals surface area (Å²) < 4.78 is 11.7. The summed E-state index contributed by atoms with van der Waals surface area (Å²) in [5.74, 6) is 1.24. The number of carbonyl (C=O) groups is 1. The minimum absolute atomic E-state index is 0.0241. The quantitative estimate of drug-likeness (QED) is 0.740. The molecular weight excluding hydrogens is 362 g/mol. The first-order valence-electron chi connectivity index (χ1n) is 8.61. The first kappa shape index (κ1) is 17.5. The fourth-order valence-electron chi connectivity index (χ4n) is 3.22. The molecule has 0 spiro atoms. The highest BCUT2D eigenvalue weighted by Crippen LogP contribution is 2.45. The second-order valence-corrected chi connectivity index (χ2v) is 7.75. The maximum Gasteiger partial charge on any atom is 0.224 e. The Hall–Kier alpha value is -2.93. The number of hydrogen-bond donors (Lipinski definition) is 1. The summed E-state index contributed by atoms with van der Waals surface area (Å²) in [6.45, 7) is 6.00. The van der Waals surface area contributed by atoms with Crippen LogP contribution >= 0.6 is 11.3 Å². The SMILES string of the molecule is Cc1noc2c1-c1sc(C)c(C)c1C(Oc1ccccc1)=N[C@H]2CC(N)=O. The maximum atomic E-state index is 11.6. The van der Waals surface area contributed by atoms with Gasteiger partial charge in [0.1, 0.15) is 11.8 Å². The summed E-state index contributed by atoms with van der Waals surface area (Å²) in [6.07, 6.45) is 0.0241. The number of ether oxygens (including phenoxy) is 1. The highest BCUT2D eigenvalue weighted by atomic mass is 32.1. The first-order valence-corrected chi connectivity index (χ1v) is 9.43. The van der Waals surface area contributed by atoms with Gasteiger partial charge in [-0.15, -0.1) is 11.3 Å². The summed E-state index contributed by atoms with van der Waals surface area (Å²) in [6, 6.07) is 8.89. The highest BCUT2D eigenvalue weighted by molar-refractivity contribution is 7.16. The van der Waals surface area contributed by atoms with Crippen LogP contribution in [-0.4, -0.2) is 17.0 Å². The second kappa shape index (κ2) is 6.66. The number of benzene rings is 1. The van der Waals surface area contributed by atoms with Gasteiger partial charge in [0, 0.05) is 4.88 Å². The number of thiophene rings is 1. The third-order valence-electron chi connectivity index (χ3n) is 4.64. The van der Waals surface area contributed by atoms with Gasteiger partial charge >= 0.3 is 0 Å². The molecule has 7 heteroatoms. The topological polar surface area (TPSA) is 90.7 Å². The van der Waals surface area contributed by atoms with Gasteiger partial charge in [-0.05, 0) is 38.5 Å². The molecule has 138 valence electrons. The Morgan fingerprint density at radius 3 is 2.67 bits per heavy atom. The van der Waals surface area contributed by atoms with Gasteiger partial charge in [0.2, 0.25) is 11.8 Å². The number of para-hydroxylation sites is 1. The number of primary amides is 1. The number of aliphatic imine (C=N–C) groups is 1. The van der Waals surface area contributed by atoms with Crippen LogP contribution < -0.4 is 10.5 Å². The van der Waals surface area contributed by atoms with E-state index in [2.05, 4.69) is 12.1 Å². The van der Waals surface area contributed by atoms with Crippen LogP contribution in [0.4, 0.5) is 0 Å². The average molecular weight is 381 g/mol. The lowest BCUT2D eigenvalue weighted by molar-refractivity contribution is -0.118. The number of aryl methyl sites for hydroxylation is 2. The number of rotatable bonds is 3. The van der Waals surface area contributed by atoms with Crippen molar-refractivity contribution in [1.29, 1.82) is 0 Å². The van der Waals surface area contributed by atoms with E-state index < -0.39 is 11.9 Å². The number of nitrogens with zero attached hydrogens (tertiary/aromatic N) is 2. The molecule has 0 fully saturated rings. The lowest BCUT2D eigenvalue weighted by Gasteiger charge is -2.12.